The van der Waals surface area contributed by atoms with E-state index in [0.29, 0.717) is 50.3 Å². The van der Waals surface area contributed by atoms with Gasteiger partial charge in [0.25, 0.3) is 0 Å². The van der Waals surface area contributed by atoms with Crippen molar-refractivity contribution in [1.82, 2.24) is 4.31 Å². The summed E-state index contributed by atoms with van der Waals surface area (Å²) < 4.78 is 26.8. The Kier molecular flexibility index (Phi) is 7.90. The van der Waals surface area contributed by atoms with Crippen molar-refractivity contribution < 1.29 is 8.42 Å². The molecule has 0 bridgehead atoms. The fourth-order valence-corrected chi connectivity index (χ4v) is 3.51. The Balaban J connectivity index is 2.79. The first-order chi connectivity index (χ1) is 10.5. The van der Waals surface area contributed by atoms with Crippen LogP contribution in [0.5, 0.6) is 0 Å². The van der Waals surface area contributed by atoms with Crippen LogP contribution in [-0.2, 0) is 10.0 Å². The molecule has 2 N–H and O–H groups in total. The first-order valence-electron chi connectivity index (χ1n) is 7.30. The highest BCUT2D eigenvalue weighted by Gasteiger charge is 2.23. The van der Waals surface area contributed by atoms with Crippen LogP contribution in [0.3, 0.4) is 0 Å². The minimum Gasteiger partial charge on any atom is -0.330 e. The Labute approximate surface area is 131 Å². The molecule has 0 heterocycles. The van der Waals surface area contributed by atoms with Crippen molar-refractivity contribution in [3.8, 4) is 0 Å². The molecule has 22 heavy (non-hydrogen) atoms. The van der Waals surface area contributed by atoms with Gasteiger partial charge in [0.05, 0.1) is 4.90 Å². The first kappa shape index (κ1) is 18.4. The molecule has 122 valence electrons. The summed E-state index contributed by atoms with van der Waals surface area (Å²) in [5.41, 5.74) is 14.7. The van der Waals surface area contributed by atoms with E-state index in [9.17, 15) is 8.42 Å². The maximum atomic E-state index is 12.7. The predicted molar refractivity (Wildman–Crippen MR) is 86.9 cm³/mol. The molecule has 1 aromatic carbocycles. The second kappa shape index (κ2) is 9.42. The number of benzene rings is 1. The zero-order valence-corrected chi connectivity index (χ0v) is 13.7. The summed E-state index contributed by atoms with van der Waals surface area (Å²) in [6, 6.07) is 6.82. The number of unbranched alkanes of at least 4 members (excludes halogenated alkanes) is 1. The molecule has 8 heteroatoms. The molecule has 0 atom stereocenters. The van der Waals surface area contributed by atoms with Gasteiger partial charge in [0.1, 0.15) is 0 Å². The van der Waals surface area contributed by atoms with Gasteiger partial charge in [0.2, 0.25) is 10.0 Å². The van der Waals surface area contributed by atoms with Crippen molar-refractivity contribution in [2.45, 2.75) is 31.1 Å². The van der Waals surface area contributed by atoms with Crippen LogP contribution in [-0.4, -0.2) is 38.9 Å². The van der Waals surface area contributed by atoms with E-state index in [2.05, 4.69) is 10.0 Å². The van der Waals surface area contributed by atoms with Crippen LogP contribution < -0.4 is 5.73 Å². The van der Waals surface area contributed by atoms with E-state index in [-0.39, 0.29) is 0 Å². The normalized spacial score (nSPS) is 11.4. The second-order valence-electron chi connectivity index (χ2n) is 5.02. The Bertz CT molecular complexity index is 594. The summed E-state index contributed by atoms with van der Waals surface area (Å²) in [6.07, 6.45) is 1.92. The highest BCUT2D eigenvalue weighted by molar-refractivity contribution is 7.89. The summed E-state index contributed by atoms with van der Waals surface area (Å²) in [5, 5.41) is 3.45. The summed E-state index contributed by atoms with van der Waals surface area (Å²) in [5.74, 6) is 0. The lowest BCUT2D eigenvalue weighted by Crippen LogP contribution is -2.34. The molecule has 0 radical (unpaired) electrons. The topological polar surface area (TPSA) is 112 Å². The quantitative estimate of drug-likeness (QED) is 0.308. The molecule has 0 saturated heterocycles. The molecular formula is C14H23N5O2S. The highest BCUT2D eigenvalue weighted by Crippen LogP contribution is 2.17. The third-order valence-corrected chi connectivity index (χ3v) is 5.16. The van der Waals surface area contributed by atoms with Crippen molar-refractivity contribution in [1.29, 1.82) is 0 Å². The van der Waals surface area contributed by atoms with E-state index >= 15 is 0 Å². The molecule has 1 aromatic rings. The maximum Gasteiger partial charge on any atom is 0.243 e. The zero-order chi connectivity index (χ0) is 16.4. The minimum absolute atomic E-state index is 0.296. The molecule has 0 spiro atoms. The van der Waals surface area contributed by atoms with E-state index in [0.717, 1.165) is 5.56 Å². The molecule has 0 aliphatic heterocycles. The molecule has 0 aromatic heterocycles. The Hall–Kier alpha value is -1.60. The standard InChI is InChI=1S/C14H23N5O2S/c1-13-5-7-14(8-6-13)22(20,21)19(12-4-9-15)11-3-2-10-17-18-16/h5-8H,2-4,9-12,15H2,1H3. The summed E-state index contributed by atoms with van der Waals surface area (Å²) in [4.78, 5) is 2.98. The monoisotopic (exact) mass is 325 g/mol. The third-order valence-electron chi connectivity index (χ3n) is 3.25. The summed E-state index contributed by atoms with van der Waals surface area (Å²) >= 11 is 0. The number of azide groups is 1. The fourth-order valence-electron chi connectivity index (χ4n) is 1.99. The minimum atomic E-state index is -3.51. The molecule has 0 saturated carbocycles. The van der Waals surface area contributed by atoms with E-state index < -0.39 is 10.0 Å². The van der Waals surface area contributed by atoms with E-state index in [4.69, 9.17) is 11.3 Å². The van der Waals surface area contributed by atoms with Crippen molar-refractivity contribution in [3.63, 3.8) is 0 Å². The number of nitrogens with zero attached hydrogens (tertiary/aromatic N) is 4. The molecule has 0 amide bonds. The molecule has 0 unspecified atom stereocenters. The van der Waals surface area contributed by atoms with Crippen LogP contribution in [0.1, 0.15) is 24.8 Å². The van der Waals surface area contributed by atoms with Gasteiger partial charge in [-0.05, 0) is 50.4 Å². The number of nitrogens with two attached hydrogens (primary N) is 1. The molecule has 0 aliphatic rings. The van der Waals surface area contributed by atoms with Gasteiger partial charge in [-0.25, -0.2) is 8.42 Å². The SMILES string of the molecule is Cc1ccc(S(=O)(=O)N(CCCN)CCCCN=[N+]=[N-])cc1. The highest BCUT2D eigenvalue weighted by atomic mass is 32.2. The Morgan fingerprint density at radius 3 is 2.41 bits per heavy atom. The van der Waals surface area contributed by atoms with Crippen LogP contribution in [0.2, 0.25) is 0 Å². The Morgan fingerprint density at radius 2 is 1.82 bits per heavy atom. The second-order valence-corrected chi connectivity index (χ2v) is 6.96. The number of aryl methyl sites for hydroxylation is 1. The molecule has 7 nitrogen and oxygen atoms in total. The Morgan fingerprint density at radius 1 is 1.18 bits per heavy atom. The van der Waals surface area contributed by atoms with Gasteiger partial charge < -0.3 is 5.73 Å². The van der Waals surface area contributed by atoms with Gasteiger partial charge in [-0.3, -0.25) is 0 Å². The summed E-state index contributed by atoms with van der Waals surface area (Å²) in [7, 11) is -3.51. The predicted octanol–water partition coefficient (Wildman–Crippen LogP) is 2.43. The van der Waals surface area contributed by atoms with Gasteiger partial charge in [0, 0.05) is 24.5 Å². The average molecular weight is 325 g/mol. The van der Waals surface area contributed by atoms with Crippen molar-refractivity contribution in [2.24, 2.45) is 10.8 Å². The first-order valence-corrected chi connectivity index (χ1v) is 8.74. The number of hydrogen-bond donors (Lipinski definition) is 1. The number of rotatable bonds is 10. The molecule has 1 rings (SSSR count). The lowest BCUT2D eigenvalue weighted by Gasteiger charge is -2.22. The van der Waals surface area contributed by atoms with Gasteiger partial charge in [-0.15, -0.1) is 0 Å². The van der Waals surface area contributed by atoms with Crippen LogP contribution in [0, 0.1) is 6.92 Å². The lowest BCUT2D eigenvalue weighted by molar-refractivity contribution is 0.397. The molecule has 0 aliphatic carbocycles. The van der Waals surface area contributed by atoms with Crippen LogP contribution in [0.4, 0.5) is 0 Å². The number of sulfonamides is 1. The van der Waals surface area contributed by atoms with Crippen molar-refractivity contribution in [3.05, 3.63) is 40.3 Å². The van der Waals surface area contributed by atoms with E-state index in [1.54, 1.807) is 24.3 Å². The van der Waals surface area contributed by atoms with Gasteiger partial charge >= 0.3 is 0 Å². The maximum absolute atomic E-state index is 12.7. The zero-order valence-electron chi connectivity index (χ0n) is 12.9. The smallest absolute Gasteiger partial charge is 0.243 e. The largest absolute Gasteiger partial charge is 0.330 e. The number of hydrogen-bond acceptors (Lipinski definition) is 4. The molecular weight excluding hydrogens is 302 g/mol. The van der Waals surface area contributed by atoms with Gasteiger partial charge in [-0.1, -0.05) is 22.8 Å². The van der Waals surface area contributed by atoms with E-state index in [1.165, 1.54) is 4.31 Å². The van der Waals surface area contributed by atoms with Crippen LogP contribution in [0.15, 0.2) is 34.3 Å². The van der Waals surface area contributed by atoms with Crippen LogP contribution >= 0.6 is 0 Å². The van der Waals surface area contributed by atoms with Gasteiger partial charge in [-0.2, -0.15) is 4.31 Å². The fraction of sp³-hybridized carbons (Fsp3) is 0.571. The van der Waals surface area contributed by atoms with E-state index in [1.807, 2.05) is 6.92 Å². The van der Waals surface area contributed by atoms with Crippen LogP contribution in [0.25, 0.3) is 10.4 Å². The average Bonchev–Trinajstić information content (AvgIpc) is 2.50. The summed E-state index contributed by atoms with van der Waals surface area (Å²) in [6.45, 7) is 3.54. The molecule has 0 fully saturated rings. The van der Waals surface area contributed by atoms with Crippen molar-refractivity contribution >= 4 is 10.0 Å². The lowest BCUT2D eigenvalue weighted by atomic mass is 10.2. The van der Waals surface area contributed by atoms with Gasteiger partial charge in [0.15, 0.2) is 0 Å². The van der Waals surface area contributed by atoms with Crippen molar-refractivity contribution in [2.75, 3.05) is 26.2 Å². The third kappa shape index (κ3) is 5.65.